The van der Waals surface area contributed by atoms with Crippen LogP contribution in [0.1, 0.15) is 30.6 Å². The molecular formula is C13H16Br2S. The number of thiophene rings is 1. The van der Waals surface area contributed by atoms with Crippen LogP contribution in [0.5, 0.6) is 0 Å². The molecular weight excluding hydrogens is 348 g/mol. The smallest absolute Gasteiger partial charge is 0.0314 e. The van der Waals surface area contributed by atoms with Crippen LogP contribution >= 0.6 is 43.2 Å². The van der Waals surface area contributed by atoms with Crippen LogP contribution in [0, 0.1) is 17.3 Å². The van der Waals surface area contributed by atoms with Gasteiger partial charge in [-0.1, -0.05) is 22.4 Å². The summed E-state index contributed by atoms with van der Waals surface area (Å²) in [4.78, 5) is 1.55. The van der Waals surface area contributed by atoms with Gasteiger partial charge in [0.2, 0.25) is 0 Å². The van der Waals surface area contributed by atoms with Crippen LogP contribution in [0.4, 0.5) is 0 Å². The topological polar surface area (TPSA) is 0 Å². The zero-order chi connectivity index (χ0) is 11.2. The average molecular weight is 364 g/mol. The van der Waals surface area contributed by atoms with E-state index in [9.17, 15) is 0 Å². The molecule has 3 rings (SSSR count). The van der Waals surface area contributed by atoms with Gasteiger partial charge in [-0.05, 0) is 70.3 Å². The Hall–Kier alpha value is 0.660. The summed E-state index contributed by atoms with van der Waals surface area (Å²) >= 11 is 9.38. The second-order valence-electron chi connectivity index (χ2n) is 5.44. The highest BCUT2D eigenvalue weighted by Gasteiger charge is 2.50. The van der Waals surface area contributed by atoms with Gasteiger partial charge in [0, 0.05) is 14.7 Å². The number of hydrogen-bond donors (Lipinski definition) is 0. The summed E-state index contributed by atoms with van der Waals surface area (Å²) in [5, 5.41) is 3.39. The van der Waals surface area contributed by atoms with Gasteiger partial charge in [-0.15, -0.1) is 11.3 Å². The Bertz CT molecular complexity index is 387. The zero-order valence-electron chi connectivity index (χ0n) is 9.22. The number of fused-ring (bicyclic) bond motifs is 2. The molecule has 3 atom stereocenters. The molecule has 1 aromatic heterocycles. The molecule has 0 radical (unpaired) electrons. The van der Waals surface area contributed by atoms with E-state index in [4.69, 9.17) is 0 Å². The first kappa shape index (κ1) is 11.7. The van der Waals surface area contributed by atoms with Crippen molar-refractivity contribution in [2.45, 2.75) is 32.1 Å². The lowest BCUT2D eigenvalue weighted by atomic mass is 9.72. The van der Waals surface area contributed by atoms with E-state index in [0.29, 0.717) is 5.41 Å². The molecule has 3 heteroatoms. The number of alkyl halides is 1. The van der Waals surface area contributed by atoms with Crippen molar-refractivity contribution in [2.75, 3.05) is 5.33 Å². The fraction of sp³-hybridized carbons (Fsp3) is 0.692. The summed E-state index contributed by atoms with van der Waals surface area (Å²) < 4.78 is 1.32. The third kappa shape index (κ3) is 1.83. The van der Waals surface area contributed by atoms with E-state index in [1.54, 1.807) is 4.88 Å². The highest BCUT2D eigenvalue weighted by Crippen LogP contribution is 2.58. The molecule has 0 aromatic carbocycles. The van der Waals surface area contributed by atoms with Crippen LogP contribution in [0.3, 0.4) is 0 Å². The first-order valence-electron chi connectivity index (χ1n) is 6.01. The third-order valence-corrected chi connectivity index (χ3v) is 7.62. The molecule has 0 N–H and O–H groups in total. The fourth-order valence-corrected chi connectivity index (χ4v) is 6.29. The Morgan fingerprint density at radius 1 is 1.44 bits per heavy atom. The third-order valence-electron chi connectivity index (χ3n) is 4.57. The lowest BCUT2D eigenvalue weighted by molar-refractivity contribution is 0.198. The molecule has 16 heavy (non-hydrogen) atoms. The predicted molar refractivity (Wildman–Crippen MR) is 77.4 cm³/mol. The monoisotopic (exact) mass is 362 g/mol. The van der Waals surface area contributed by atoms with E-state index in [-0.39, 0.29) is 0 Å². The summed E-state index contributed by atoms with van der Waals surface area (Å²) in [6.07, 6.45) is 7.18. The van der Waals surface area contributed by atoms with Gasteiger partial charge in [-0.25, -0.2) is 0 Å². The number of hydrogen-bond acceptors (Lipinski definition) is 1. The van der Waals surface area contributed by atoms with E-state index in [2.05, 4.69) is 43.3 Å². The molecule has 3 unspecified atom stereocenters. The minimum absolute atomic E-state index is 0.566. The summed E-state index contributed by atoms with van der Waals surface area (Å²) in [7, 11) is 0. The maximum atomic E-state index is 3.79. The second kappa shape index (κ2) is 4.40. The Kier molecular flexibility index (Phi) is 3.23. The first-order valence-corrected chi connectivity index (χ1v) is 8.81. The van der Waals surface area contributed by atoms with Crippen molar-refractivity contribution in [3.05, 3.63) is 20.8 Å². The molecule has 88 valence electrons. The molecule has 0 nitrogen and oxygen atoms in total. The van der Waals surface area contributed by atoms with Crippen LogP contribution in [-0.4, -0.2) is 5.33 Å². The molecule has 0 aliphatic heterocycles. The maximum absolute atomic E-state index is 3.79. The van der Waals surface area contributed by atoms with Crippen molar-refractivity contribution in [2.24, 2.45) is 17.3 Å². The van der Waals surface area contributed by atoms with Crippen LogP contribution in [0.15, 0.2) is 15.9 Å². The van der Waals surface area contributed by atoms with Gasteiger partial charge in [0.05, 0.1) is 0 Å². The second-order valence-corrected chi connectivity index (χ2v) is 7.86. The largest absolute Gasteiger partial charge is 0.148 e. The quantitative estimate of drug-likeness (QED) is 0.643. The van der Waals surface area contributed by atoms with E-state index in [0.717, 1.165) is 11.8 Å². The minimum Gasteiger partial charge on any atom is -0.148 e. The van der Waals surface area contributed by atoms with Crippen molar-refractivity contribution < 1.29 is 0 Å². The summed E-state index contributed by atoms with van der Waals surface area (Å²) in [5.74, 6) is 2.01. The van der Waals surface area contributed by atoms with E-state index in [1.165, 1.54) is 41.9 Å². The lowest BCUT2D eigenvalue weighted by Gasteiger charge is -2.36. The molecule has 2 aliphatic carbocycles. The summed E-state index contributed by atoms with van der Waals surface area (Å²) in [5.41, 5.74) is 0.566. The maximum Gasteiger partial charge on any atom is 0.0314 e. The minimum atomic E-state index is 0.566. The summed E-state index contributed by atoms with van der Waals surface area (Å²) in [6, 6.07) is 2.19. The van der Waals surface area contributed by atoms with Gasteiger partial charge in [0.15, 0.2) is 0 Å². The van der Waals surface area contributed by atoms with Gasteiger partial charge in [0.1, 0.15) is 0 Å². The molecule has 1 aromatic rings. The molecule has 0 saturated heterocycles. The molecule has 2 fully saturated rings. The van der Waals surface area contributed by atoms with Gasteiger partial charge in [0.25, 0.3) is 0 Å². The Morgan fingerprint density at radius 3 is 2.81 bits per heavy atom. The molecule has 2 bridgehead atoms. The number of rotatable bonds is 3. The molecule has 0 amide bonds. The first-order chi connectivity index (χ1) is 7.73. The van der Waals surface area contributed by atoms with Crippen molar-refractivity contribution in [3.63, 3.8) is 0 Å². The van der Waals surface area contributed by atoms with Crippen molar-refractivity contribution in [3.8, 4) is 0 Å². The molecule has 1 heterocycles. The highest BCUT2D eigenvalue weighted by atomic mass is 79.9. The molecule has 2 saturated carbocycles. The van der Waals surface area contributed by atoms with Crippen molar-refractivity contribution >= 4 is 43.2 Å². The summed E-state index contributed by atoms with van der Waals surface area (Å²) in [6.45, 7) is 0. The average Bonchev–Trinajstić information content (AvgIpc) is 2.96. The number of halogens is 2. The predicted octanol–water partition coefficient (Wildman–Crippen LogP) is 5.25. The van der Waals surface area contributed by atoms with Gasteiger partial charge in [-0.3, -0.25) is 0 Å². The van der Waals surface area contributed by atoms with Gasteiger partial charge >= 0.3 is 0 Å². The van der Waals surface area contributed by atoms with Crippen LogP contribution in [0.25, 0.3) is 0 Å². The SMILES string of the molecule is BrCC1(Cc2sccc2Br)CC2CCC1C2. The van der Waals surface area contributed by atoms with Crippen molar-refractivity contribution in [1.82, 2.24) is 0 Å². The van der Waals surface area contributed by atoms with Crippen molar-refractivity contribution in [1.29, 1.82) is 0 Å². The van der Waals surface area contributed by atoms with Gasteiger partial charge in [-0.2, -0.15) is 0 Å². The standard InChI is InChI=1S/C13H16Br2S/c14-8-13(6-9-1-2-10(13)5-9)7-12-11(15)3-4-16-12/h3-4,9-10H,1-2,5-8H2. The Labute approximate surface area is 118 Å². The zero-order valence-corrected chi connectivity index (χ0v) is 13.2. The highest BCUT2D eigenvalue weighted by molar-refractivity contribution is 9.10. The van der Waals surface area contributed by atoms with E-state index < -0.39 is 0 Å². The fourth-order valence-electron chi connectivity index (χ4n) is 3.76. The van der Waals surface area contributed by atoms with Crippen LogP contribution < -0.4 is 0 Å². The molecule has 0 spiro atoms. The van der Waals surface area contributed by atoms with Crippen LogP contribution in [0.2, 0.25) is 0 Å². The molecule has 2 aliphatic rings. The normalized spacial score (nSPS) is 37.1. The Morgan fingerprint density at radius 2 is 2.31 bits per heavy atom. The van der Waals surface area contributed by atoms with E-state index in [1.807, 2.05) is 11.3 Å². The van der Waals surface area contributed by atoms with E-state index >= 15 is 0 Å². The van der Waals surface area contributed by atoms with Gasteiger partial charge < -0.3 is 0 Å². The Balaban J connectivity index is 1.84. The van der Waals surface area contributed by atoms with Crippen LogP contribution in [-0.2, 0) is 6.42 Å². The lowest BCUT2D eigenvalue weighted by Crippen LogP contribution is -2.31.